The molecule has 0 unspecified atom stereocenters. The largest absolute Gasteiger partial charge is 0.282 e. The van der Waals surface area contributed by atoms with E-state index in [0.29, 0.717) is 22.5 Å². The Hall–Kier alpha value is -3.11. The van der Waals surface area contributed by atoms with Crippen molar-refractivity contribution in [3.8, 4) is 0 Å². The van der Waals surface area contributed by atoms with Crippen LogP contribution < -0.4 is 0 Å². The average Bonchev–Trinajstić information content (AvgIpc) is 3.04. The maximum atomic E-state index is 13.2. The lowest BCUT2D eigenvalue weighted by molar-refractivity contribution is -0.122. The van der Waals surface area contributed by atoms with E-state index in [1.807, 2.05) is 66.7 Å². The second-order valence-electron chi connectivity index (χ2n) is 7.54. The first-order chi connectivity index (χ1) is 14.6. The molecule has 150 valence electrons. The second kappa shape index (κ2) is 9.14. The normalized spacial score (nSPS) is 16.8. The molecule has 0 aromatic heterocycles. The molecule has 4 rings (SSSR count). The van der Waals surface area contributed by atoms with Crippen LogP contribution in [0.2, 0.25) is 0 Å². The van der Waals surface area contributed by atoms with Gasteiger partial charge in [-0.15, -0.1) is 0 Å². The Balaban J connectivity index is 1.66. The van der Waals surface area contributed by atoms with E-state index in [1.54, 1.807) is 4.90 Å². The summed E-state index contributed by atoms with van der Waals surface area (Å²) in [5.41, 5.74) is 4.23. The highest BCUT2D eigenvalue weighted by Crippen LogP contribution is 2.35. The zero-order valence-corrected chi connectivity index (χ0v) is 18.0. The van der Waals surface area contributed by atoms with Gasteiger partial charge in [-0.2, -0.15) is 0 Å². The van der Waals surface area contributed by atoms with Crippen LogP contribution >= 0.6 is 11.8 Å². The first kappa shape index (κ1) is 20.2. The van der Waals surface area contributed by atoms with Crippen molar-refractivity contribution in [1.29, 1.82) is 0 Å². The Bertz CT molecular complexity index is 1070. The number of thioether (sulfide) groups is 1. The minimum atomic E-state index is -0.00790. The summed E-state index contributed by atoms with van der Waals surface area (Å²) in [4.78, 5) is 20.5. The number of para-hydroxylation sites is 1. The molecule has 0 saturated carbocycles. The number of amidine groups is 1. The van der Waals surface area contributed by atoms with Crippen molar-refractivity contribution in [3.05, 3.63) is 107 Å². The molecule has 30 heavy (non-hydrogen) atoms. The van der Waals surface area contributed by atoms with E-state index in [2.05, 4.69) is 38.1 Å². The third kappa shape index (κ3) is 4.71. The molecule has 1 saturated heterocycles. The molecule has 3 aromatic rings. The molecule has 0 N–H and O–H groups in total. The fraction of sp³-hybridized carbons (Fsp3) is 0.154. The molecule has 4 heteroatoms. The Morgan fingerprint density at radius 2 is 1.53 bits per heavy atom. The number of nitrogens with zero attached hydrogens (tertiary/aromatic N) is 2. The number of hydrogen-bond donors (Lipinski definition) is 0. The van der Waals surface area contributed by atoms with Crippen LogP contribution in [0.3, 0.4) is 0 Å². The summed E-state index contributed by atoms with van der Waals surface area (Å²) in [5.74, 6) is 0.478. The van der Waals surface area contributed by atoms with Crippen molar-refractivity contribution in [2.24, 2.45) is 4.99 Å². The standard InChI is InChI=1S/C26H24N2OS/c1-19(2)22-15-13-20(14-16-22)17-24-25(29)28(18-21-9-5-3-6-10-21)26(30-24)27-23-11-7-4-8-12-23/h3-17,19H,18H2,1-2H3. The highest BCUT2D eigenvalue weighted by Gasteiger charge is 2.33. The molecule has 0 spiro atoms. The first-order valence-electron chi connectivity index (χ1n) is 10.1. The molecule has 1 aliphatic heterocycles. The number of amides is 1. The SMILES string of the molecule is CC(C)c1ccc(C=C2SC(=Nc3ccccc3)N(Cc3ccccc3)C2=O)cc1. The number of carbonyl (C=O) groups is 1. The maximum Gasteiger partial charge on any atom is 0.267 e. The molecule has 0 bridgehead atoms. The fourth-order valence-corrected chi connectivity index (χ4v) is 4.24. The minimum Gasteiger partial charge on any atom is -0.282 e. The van der Waals surface area contributed by atoms with Crippen LogP contribution in [0, 0.1) is 0 Å². The van der Waals surface area contributed by atoms with Gasteiger partial charge in [0.25, 0.3) is 5.91 Å². The summed E-state index contributed by atoms with van der Waals surface area (Å²) in [6.45, 7) is 4.86. The lowest BCUT2D eigenvalue weighted by Crippen LogP contribution is -2.28. The van der Waals surface area contributed by atoms with Gasteiger partial charge >= 0.3 is 0 Å². The zero-order chi connectivity index (χ0) is 20.9. The van der Waals surface area contributed by atoms with E-state index in [1.165, 1.54) is 17.3 Å². The quantitative estimate of drug-likeness (QED) is 0.442. The lowest BCUT2D eigenvalue weighted by atomic mass is 10.0. The van der Waals surface area contributed by atoms with Gasteiger partial charge in [0.1, 0.15) is 0 Å². The number of aliphatic imine (C=N–C) groups is 1. The van der Waals surface area contributed by atoms with E-state index >= 15 is 0 Å². The molecular formula is C26H24N2OS. The Labute approximate surface area is 182 Å². The molecule has 1 amide bonds. The molecular weight excluding hydrogens is 388 g/mol. The van der Waals surface area contributed by atoms with E-state index in [0.717, 1.165) is 16.8 Å². The summed E-state index contributed by atoms with van der Waals surface area (Å²) in [6.07, 6.45) is 1.96. The summed E-state index contributed by atoms with van der Waals surface area (Å²) in [5, 5.41) is 0.708. The monoisotopic (exact) mass is 412 g/mol. The van der Waals surface area contributed by atoms with Gasteiger partial charge in [0.15, 0.2) is 5.17 Å². The summed E-state index contributed by atoms with van der Waals surface area (Å²) >= 11 is 1.43. The van der Waals surface area contributed by atoms with Gasteiger partial charge in [0.05, 0.1) is 17.1 Å². The Morgan fingerprint density at radius 1 is 0.900 bits per heavy atom. The van der Waals surface area contributed by atoms with Crippen molar-refractivity contribution in [1.82, 2.24) is 4.90 Å². The maximum absolute atomic E-state index is 13.2. The van der Waals surface area contributed by atoms with Crippen LogP contribution in [0.25, 0.3) is 6.08 Å². The molecule has 0 aliphatic carbocycles. The van der Waals surface area contributed by atoms with Crippen molar-refractivity contribution in [2.75, 3.05) is 0 Å². The van der Waals surface area contributed by atoms with E-state index in [9.17, 15) is 4.79 Å². The van der Waals surface area contributed by atoms with Gasteiger partial charge in [-0.25, -0.2) is 4.99 Å². The highest BCUT2D eigenvalue weighted by atomic mass is 32.2. The molecule has 1 aliphatic rings. The number of rotatable bonds is 5. The minimum absolute atomic E-state index is 0.00790. The van der Waals surface area contributed by atoms with Crippen molar-refractivity contribution in [2.45, 2.75) is 26.3 Å². The molecule has 0 radical (unpaired) electrons. The van der Waals surface area contributed by atoms with Gasteiger partial charge in [0.2, 0.25) is 0 Å². The van der Waals surface area contributed by atoms with Crippen LogP contribution in [0.1, 0.15) is 36.5 Å². The molecule has 1 heterocycles. The number of carbonyl (C=O) groups excluding carboxylic acids is 1. The molecule has 0 atom stereocenters. The van der Waals surface area contributed by atoms with Crippen molar-refractivity contribution in [3.63, 3.8) is 0 Å². The van der Waals surface area contributed by atoms with Crippen LogP contribution in [0.5, 0.6) is 0 Å². The van der Waals surface area contributed by atoms with Gasteiger partial charge in [-0.05, 0) is 52.6 Å². The number of hydrogen-bond acceptors (Lipinski definition) is 3. The fourth-order valence-electron chi connectivity index (χ4n) is 3.24. The Kier molecular flexibility index (Phi) is 6.15. The van der Waals surface area contributed by atoms with Gasteiger partial charge in [0, 0.05) is 0 Å². The van der Waals surface area contributed by atoms with Gasteiger partial charge < -0.3 is 0 Å². The first-order valence-corrected chi connectivity index (χ1v) is 10.9. The predicted octanol–water partition coefficient (Wildman–Crippen LogP) is 6.61. The van der Waals surface area contributed by atoms with Crippen LogP contribution in [0.4, 0.5) is 5.69 Å². The molecule has 1 fully saturated rings. The smallest absolute Gasteiger partial charge is 0.267 e. The van der Waals surface area contributed by atoms with Crippen LogP contribution in [0.15, 0.2) is 94.8 Å². The Morgan fingerprint density at radius 3 is 2.17 bits per heavy atom. The summed E-state index contributed by atoms with van der Waals surface area (Å²) < 4.78 is 0. The van der Waals surface area contributed by atoms with Crippen molar-refractivity contribution < 1.29 is 4.79 Å². The topological polar surface area (TPSA) is 32.7 Å². The average molecular weight is 413 g/mol. The van der Waals surface area contributed by atoms with E-state index < -0.39 is 0 Å². The third-order valence-corrected chi connectivity index (χ3v) is 5.96. The van der Waals surface area contributed by atoms with Gasteiger partial charge in [-0.3, -0.25) is 9.69 Å². The van der Waals surface area contributed by atoms with Crippen LogP contribution in [-0.4, -0.2) is 16.0 Å². The number of benzene rings is 3. The van der Waals surface area contributed by atoms with Gasteiger partial charge in [-0.1, -0.05) is 86.6 Å². The van der Waals surface area contributed by atoms with E-state index in [-0.39, 0.29) is 5.91 Å². The predicted molar refractivity (Wildman–Crippen MR) is 127 cm³/mol. The zero-order valence-electron chi connectivity index (χ0n) is 17.2. The van der Waals surface area contributed by atoms with Crippen LogP contribution in [-0.2, 0) is 11.3 Å². The van der Waals surface area contributed by atoms with Crippen molar-refractivity contribution >= 4 is 34.6 Å². The third-order valence-electron chi connectivity index (χ3n) is 4.95. The lowest BCUT2D eigenvalue weighted by Gasteiger charge is -2.15. The van der Waals surface area contributed by atoms with E-state index in [4.69, 9.17) is 4.99 Å². The highest BCUT2D eigenvalue weighted by molar-refractivity contribution is 8.18. The summed E-state index contributed by atoms with van der Waals surface area (Å²) in [7, 11) is 0. The summed E-state index contributed by atoms with van der Waals surface area (Å²) in [6, 6.07) is 28.2. The molecule has 3 aromatic carbocycles. The molecule has 3 nitrogen and oxygen atoms in total. The second-order valence-corrected chi connectivity index (χ2v) is 8.55.